The zero-order valence-corrected chi connectivity index (χ0v) is 18.1. The van der Waals surface area contributed by atoms with E-state index in [0.29, 0.717) is 24.8 Å². The Morgan fingerprint density at radius 1 is 1.31 bits per heavy atom. The number of aliphatic hydroxyl groups is 1. The molecular weight excluding hydrogens is 472 g/mol. The number of guanidine groups is 1. The van der Waals surface area contributed by atoms with E-state index in [1.54, 1.807) is 31.2 Å². The molecule has 1 aromatic heterocycles. The van der Waals surface area contributed by atoms with E-state index in [4.69, 9.17) is 16.0 Å². The molecule has 0 aliphatic carbocycles. The van der Waals surface area contributed by atoms with Gasteiger partial charge in [-0.25, -0.2) is 9.38 Å². The maximum absolute atomic E-state index is 13.2. The summed E-state index contributed by atoms with van der Waals surface area (Å²) in [6.07, 6.45) is 0. The molecule has 1 atom stereocenters. The lowest BCUT2D eigenvalue weighted by Crippen LogP contribution is -2.44. The predicted molar refractivity (Wildman–Crippen MR) is 113 cm³/mol. The topological polar surface area (TPSA) is 69.8 Å². The molecule has 1 unspecified atom stereocenters. The third kappa shape index (κ3) is 6.44. The quantitative estimate of drug-likeness (QED) is 0.322. The molecule has 0 fully saturated rings. The van der Waals surface area contributed by atoms with Gasteiger partial charge in [0.25, 0.3) is 0 Å². The molecule has 26 heavy (non-hydrogen) atoms. The molecule has 0 aliphatic rings. The van der Waals surface area contributed by atoms with E-state index in [1.165, 1.54) is 6.07 Å². The van der Waals surface area contributed by atoms with Gasteiger partial charge in [-0.15, -0.1) is 24.0 Å². The molecule has 144 valence electrons. The van der Waals surface area contributed by atoms with Crippen LogP contribution in [0.25, 0.3) is 0 Å². The molecular formula is C18H24ClFIN3O2. The van der Waals surface area contributed by atoms with Crippen LogP contribution in [0.2, 0.25) is 5.02 Å². The first-order valence-electron chi connectivity index (χ1n) is 8.07. The van der Waals surface area contributed by atoms with Crippen LogP contribution in [0.1, 0.15) is 30.9 Å². The molecule has 3 N–H and O–H groups in total. The van der Waals surface area contributed by atoms with E-state index in [0.717, 1.165) is 11.3 Å². The highest BCUT2D eigenvalue weighted by Crippen LogP contribution is 2.22. The lowest BCUT2D eigenvalue weighted by atomic mass is 10.0. The van der Waals surface area contributed by atoms with Crippen molar-refractivity contribution in [1.29, 1.82) is 0 Å². The minimum absolute atomic E-state index is 0. The van der Waals surface area contributed by atoms with Crippen molar-refractivity contribution in [1.82, 2.24) is 10.6 Å². The smallest absolute Gasteiger partial charge is 0.191 e. The van der Waals surface area contributed by atoms with Crippen LogP contribution in [0, 0.1) is 12.7 Å². The highest BCUT2D eigenvalue weighted by Gasteiger charge is 2.27. The fourth-order valence-corrected chi connectivity index (χ4v) is 2.42. The summed E-state index contributed by atoms with van der Waals surface area (Å²) in [5, 5.41) is 16.8. The van der Waals surface area contributed by atoms with Crippen molar-refractivity contribution in [3.8, 4) is 0 Å². The highest BCUT2D eigenvalue weighted by molar-refractivity contribution is 14.0. The zero-order valence-electron chi connectivity index (χ0n) is 15.0. The van der Waals surface area contributed by atoms with Crippen molar-refractivity contribution in [3.63, 3.8) is 0 Å². The molecule has 0 radical (unpaired) electrons. The van der Waals surface area contributed by atoms with Gasteiger partial charge in [0.05, 0.1) is 18.1 Å². The summed E-state index contributed by atoms with van der Waals surface area (Å²) < 4.78 is 18.7. The van der Waals surface area contributed by atoms with E-state index in [-0.39, 0.29) is 35.5 Å². The van der Waals surface area contributed by atoms with Crippen LogP contribution in [0.5, 0.6) is 0 Å². The fourth-order valence-electron chi connectivity index (χ4n) is 2.22. The Kier molecular flexibility index (Phi) is 8.85. The molecule has 1 aromatic carbocycles. The van der Waals surface area contributed by atoms with Crippen molar-refractivity contribution in [3.05, 3.63) is 58.3 Å². The summed E-state index contributed by atoms with van der Waals surface area (Å²) >= 11 is 5.78. The molecule has 8 heteroatoms. The minimum Gasteiger partial charge on any atom is -0.463 e. The van der Waals surface area contributed by atoms with Crippen LogP contribution >= 0.6 is 35.6 Å². The first kappa shape index (κ1) is 22.7. The van der Waals surface area contributed by atoms with Crippen LogP contribution in [-0.4, -0.2) is 24.2 Å². The normalized spacial score (nSPS) is 13.7. The summed E-state index contributed by atoms with van der Waals surface area (Å²) in [5.41, 5.74) is -0.388. The lowest BCUT2D eigenvalue weighted by molar-refractivity contribution is 0.0378. The average Bonchev–Trinajstić information content (AvgIpc) is 3.01. The third-order valence-electron chi connectivity index (χ3n) is 3.62. The van der Waals surface area contributed by atoms with Crippen LogP contribution in [0.3, 0.4) is 0 Å². The number of aryl methyl sites for hydroxylation is 1. The molecule has 0 aliphatic heterocycles. The Labute approximate surface area is 175 Å². The Morgan fingerprint density at radius 3 is 2.62 bits per heavy atom. The summed E-state index contributed by atoms with van der Waals surface area (Å²) in [6, 6.07) is 8.06. The second-order valence-electron chi connectivity index (χ2n) is 5.98. The van der Waals surface area contributed by atoms with Gasteiger partial charge in [-0.3, -0.25) is 0 Å². The number of benzene rings is 1. The van der Waals surface area contributed by atoms with Crippen LogP contribution in [-0.2, 0) is 12.1 Å². The summed E-state index contributed by atoms with van der Waals surface area (Å²) in [6.45, 7) is 6.65. The van der Waals surface area contributed by atoms with Crippen molar-refractivity contribution in [2.45, 2.75) is 32.9 Å². The van der Waals surface area contributed by atoms with Crippen LogP contribution in [0.15, 0.2) is 39.7 Å². The number of hydrogen-bond acceptors (Lipinski definition) is 3. The van der Waals surface area contributed by atoms with Gasteiger partial charge in [0, 0.05) is 6.54 Å². The van der Waals surface area contributed by atoms with Gasteiger partial charge in [-0.2, -0.15) is 0 Å². The third-order valence-corrected chi connectivity index (χ3v) is 3.91. The van der Waals surface area contributed by atoms with Crippen molar-refractivity contribution in [2.75, 3.05) is 13.1 Å². The summed E-state index contributed by atoms with van der Waals surface area (Å²) in [4.78, 5) is 4.43. The number of hydrogen-bond donors (Lipinski definition) is 3. The summed E-state index contributed by atoms with van der Waals surface area (Å²) in [5.74, 6) is 1.30. The van der Waals surface area contributed by atoms with Gasteiger partial charge in [-0.1, -0.05) is 17.7 Å². The van der Waals surface area contributed by atoms with E-state index in [9.17, 15) is 9.50 Å². The van der Waals surface area contributed by atoms with Gasteiger partial charge in [-0.05, 0) is 50.6 Å². The molecule has 2 rings (SSSR count). The van der Waals surface area contributed by atoms with Gasteiger partial charge >= 0.3 is 0 Å². The van der Waals surface area contributed by atoms with Gasteiger partial charge in [0.2, 0.25) is 0 Å². The Bertz CT molecular complexity index is 750. The molecule has 0 spiro atoms. The molecule has 0 saturated carbocycles. The number of rotatable bonds is 6. The Hall–Kier alpha value is -1.32. The Balaban J connectivity index is 0.00000338. The van der Waals surface area contributed by atoms with Crippen LogP contribution < -0.4 is 10.6 Å². The molecule has 0 bridgehead atoms. The average molecular weight is 496 g/mol. The number of nitrogens with zero attached hydrogens (tertiary/aromatic N) is 1. The molecule has 5 nitrogen and oxygen atoms in total. The maximum atomic E-state index is 13.2. The highest BCUT2D eigenvalue weighted by atomic mass is 127. The second-order valence-corrected chi connectivity index (χ2v) is 6.39. The largest absolute Gasteiger partial charge is 0.463 e. The van der Waals surface area contributed by atoms with E-state index >= 15 is 0 Å². The molecule has 0 saturated heterocycles. The van der Waals surface area contributed by atoms with Crippen molar-refractivity contribution in [2.24, 2.45) is 4.99 Å². The van der Waals surface area contributed by atoms with Gasteiger partial charge in [0.15, 0.2) is 5.96 Å². The summed E-state index contributed by atoms with van der Waals surface area (Å²) in [7, 11) is 0. The predicted octanol–water partition coefficient (Wildman–Crippen LogP) is 3.96. The first-order valence-corrected chi connectivity index (χ1v) is 8.45. The maximum Gasteiger partial charge on any atom is 0.191 e. The molecule has 0 amide bonds. The lowest BCUT2D eigenvalue weighted by Gasteiger charge is -2.22. The van der Waals surface area contributed by atoms with Gasteiger partial charge in [0.1, 0.15) is 22.9 Å². The fraction of sp³-hybridized carbons (Fsp3) is 0.389. The minimum atomic E-state index is -1.18. The van der Waals surface area contributed by atoms with Crippen molar-refractivity contribution >= 4 is 41.5 Å². The SMILES string of the molecule is CCNC(=NCc1ccc(F)c(Cl)c1)NCC(C)(O)c1ccc(C)o1.I. The van der Waals surface area contributed by atoms with Crippen LogP contribution in [0.4, 0.5) is 4.39 Å². The molecule has 2 aromatic rings. The number of furan rings is 1. The Morgan fingerprint density at radius 2 is 2.04 bits per heavy atom. The number of aliphatic imine (C=N–C) groups is 1. The number of nitrogens with one attached hydrogen (secondary N) is 2. The standard InChI is InChI=1S/C18H23ClFN3O2.HI/c1-4-21-17(22-10-13-6-7-15(20)14(19)9-13)23-11-18(3,24)16-8-5-12(2)25-16;/h5-9,24H,4,10-11H2,1-3H3,(H2,21,22,23);1H. The van der Waals surface area contributed by atoms with E-state index in [1.807, 2.05) is 13.8 Å². The first-order chi connectivity index (χ1) is 11.8. The number of halogens is 3. The second kappa shape index (κ2) is 10.1. The monoisotopic (exact) mass is 495 g/mol. The van der Waals surface area contributed by atoms with Gasteiger partial charge < -0.3 is 20.2 Å². The van der Waals surface area contributed by atoms with E-state index < -0.39 is 11.4 Å². The molecule has 1 heterocycles. The zero-order chi connectivity index (χ0) is 18.4. The van der Waals surface area contributed by atoms with Crippen molar-refractivity contribution < 1.29 is 13.9 Å². The van der Waals surface area contributed by atoms with E-state index in [2.05, 4.69) is 15.6 Å².